The predicted molar refractivity (Wildman–Crippen MR) is 117 cm³/mol. The van der Waals surface area contributed by atoms with Gasteiger partial charge in [-0.1, -0.05) is 35.5 Å². The van der Waals surface area contributed by atoms with Crippen LogP contribution in [0.15, 0.2) is 76.8 Å². The van der Waals surface area contributed by atoms with E-state index in [2.05, 4.69) is 15.5 Å². The lowest BCUT2D eigenvalue weighted by molar-refractivity contribution is 0.102. The standard InChI is InChI=1S/C23H16N4O2S/c1-14-11-17(9-10-24-14)25-22(28)16-7-8-20-18(12-16)21(27-29-20)19-13-30-23(26-19)15-5-3-2-4-6-15/h2-13H,1H3,(H,24,25,28). The molecule has 2 aromatic carbocycles. The maximum absolute atomic E-state index is 12.7. The molecule has 1 N–H and O–H groups in total. The SMILES string of the molecule is Cc1cc(NC(=O)c2ccc3onc(-c4csc(-c5ccccc5)n4)c3c2)ccn1. The molecule has 3 heterocycles. The molecule has 0 saturated carbocycles. The molecule has 0 atom stereocenters. The molecule has 0 aliphatic rings. The van der Waals surface area contributed by atoms with Gasteiger partial charge in [0, 0.05) is 34.1 Å². The van der Waals surface area contributed by atoms with Crippen molar-refractivity contribution in [3.63, 3.8) is 0 Å². The molecule has 0 saturated heterocycles. The second-order valence-corrected chi connectivity index (χ2v) is 7.64. The Morgan fingerprint density at radius 3 is 2.77 bits per heavy atom. The summed E-state index contributed by atoms with van der Waals surface area (Å²) in [6.45, 7) is 1.88. The van der Waals surface area contributed by atoms with E-state index >= 15 is 0 Å². The third-order valence-electron chi connectivity index (χ3n) is 4.65. The maximum Gasteiger partial charge on any atom is 0.255 e. The minimum absolute atomic E-state index is 0.210. The van der Waals surface area contributed by atoms with Gasteiger partial charge < -0.3 is 9.84 Å². The number of amides is 1. The summed E-state index contributed by atoms with van der Waals surface area (Å²) in [4.78, 5) is 21.6. The number of carbonyl (C=O) groups is 1. The summed E-state index contributed by atoms with van der Waals surface area (Å²) in [7, 11) is 0. The van der Waals surface area contributed by atoms with Crippen LogP contribution in [0.2, 0.25) is 0 Å². The Bertz CT molecular complexity index is 1360. The van der Waals surface area contributed by atoms with Crippen molar-refractivity contribution in [1.82, 2.24) is 15.1 Å². The number of hydrogen-bond acceptors (Lipinski definition) is 6. The summed E-state index contributed by atoms with van der Waals surface area (Å²) in [5.74, 6) is -0.210. The number of hydrogen-bond donors (Lipinski definition) is 1. The number of benzene rings is 2. The van der Waals surface area contributed by atoms with E-state index in [9.17, 15) is 4.79 Å². The normalized spacial score (nSPS) is 11.0. The van der Waals surface area contributed by atoms with E-state index in [0.717, 1.165) is 27.3 Å². The van der Waals surface area contributed by atoms with Crippen molar-refractivity contribution in [2.45, 2.75) is 6.92 Å². The van der Waals surface area contributed by atoms with Gasteiger partial charge in [0.05, 0.1) is 5.39 Å². The molecular weight excluding hydrogens is 396 g/mol. The van der Waals surface area contributed by atoms with Crippen LogP contribution in [0.3, 0.4) is 0 Å². The summed E-state index contributed by atoms with van der Waals surface area (Å²) in [5, 5.41) is 10.7. The molecule has 0 bridgehead atoms. The number of thiazole rings is 1. The zero-order chi connectivity index (χ0) is 20.5. The van der Waals surface area contributed by atoms with Crippen LogP contribution in [0, 0.1) is 6.92 Å². The fourth-order valence-electron chi connectivity index (χ4n) is 3.19. The first kappa shape index (κ1) is 18.2. The number of nitrogens with zero attached hydrogens (tertiary/aromatic N) is 3. The molecule has 5 aromatic rings. The van der Waals surface area contributed by atoms with Gasteiger partial charge in [0.15, 0.2) is 5.58 Å². The van der Waals surface area contributed by atoms with Gasteiger partial charge in [0.25, 0.3) is 5.91 Å². The van der Waals surface area contributed by atoms with Crippen LogP contribution in [-0.4, -0.2) is 21.0 Å². The second kappa shape index (κ2) is 7.53. The van der Waals surface area contributed by atoms with Gasteiger partial charge in [0.2, 0.25) is 0 Å². The van der Waals surface area contributed by atoms with Crippen molar-refractivity contribution in [2.24, 2.45) is 0 Å². The molecule has 5 rings (SSSR count). The highest BCUT2D eigenvalue weighted by Crippen LogP contribution is 2.32. The molecule has 1 amide bonds. The Labute approximate surface area is 176 Å². The van der Waals surface area contributed by atoms with Gasteiger partial charge in [-0.3, -0.25) is 9.78 Å². The summed E-state index contributed by atoms with van der Waals surface area (Å²) in [6, 6.07) is 18.8. The number of aromatic nitrogens is 3. The van der Waals surface area contributed by atoms with E-state index in [1.165, 1.54) is 0 Å². The molecule has 7 heteroatoms. The summed E-state index contributed by atoms with van der Waals surface area (Å²) >= 11 is 1.55. The van der Waals surface area contributed by atoms with Gasteiger partial charge in [-0.2, -0.15) is 0 Å². The molecule has 30 heavy (non-hydrogen) atoms. The van der Waals surface area contributed by atoms with Crippen molar-refractivity contribution in [2.75, 3.05) is 5.32 Å². The molecular formula is C23H16N4O2S. The smallest absolute Gasteiger partial charge is 0.255 e. The monoisotopic (exact) mass is 412 g/mol. The minimum atomic E-state index is -0.210. The molecule has 0 fully saturated rings. The fraction of sp³-hybridized carbons (Fsp3) is 0.0435. The van der Waals surface area contributed by atoms with Crippen molar-refractivity contribution in [3.8, 4) is 22.0 Å². The van der Waals surface area contributed by atoms with Gasteiger partial charge in [-0.25, -0.2) is 4.98 Å². The third-order valence-corrected chi connectivity index (χ3v) is 5.55. The minimum Gasteiger partial charge on any atom is -0.356 e. The highest BCUT2D eigenvalue weighted by atomic mass is 32.1. The van der Waals surface area contributed by atoms with E-state index in [1.807, 2.05) is 48.7 Å². The Kier molecular flexibility index (Phi) is 4.57. The lowest BCUT2D eigenvalue weighted by Gasteiger charge is -2.05. The molecule has 6 nitrogen and oxygen atoms in total. The number of fused-ring (bicyclic) bond motifs is 1. The first-order valence-corrected chi connectivity index (χ1v) is 10.2. The fourth-order valence-corrected chi connectivity index (χ4v) is 4.00. The number of pyridine rings is 1. The average Bonchev–Trinajstić information content (AvgIpc) is 3.41. The first-order chi connectivity index (χ1) is 14.7. The second-order valence-electron chi connectivity index (χ2n) is 6.79. The van der Waals surface area contributed by atoms with Crippen LogP contribution in [0.25, 0.3) is 32.9 Å². The lowest BCUT2D eigenvalue weighted by Crippen LogP contribution is -2.11. The maximum atomic E-state index is 12.7. The van der Waals surface area contributed by atoms with Gasteiger partial charge in [-0.05, 0) is 37.3 Å². The molecule has 0 radical (unpaired) electrons. The van der Waals surface area contributed by atoms with Crippen molar-refractivity contribution < 1.29 is 9.32 Å². The summed E-state index contributed by atoms with van der Waals surface area (Å²) in [6.07, 6.45) is 1.67. The van der Waals surface area contributed by atoms with Crippen LogP contribution in [-0.2, 0) is 0 Å². The van der Waals surface area contributed by atoms with Gasteiger partial charge in [-0.15, -0.1) is 11.3 Å². The van der Waals surface area contributed by atoms with E-state index in [0.29, 0.717) is 22.5 Å². The zero-order valence-corrected chi connectivity index (χ0v) is 16.8. The van der Waals surface area contributed by atoms with Crippen molar-refractivity contribution in [3.05, 3.63) is 83.5 Å². The summed E-state index contributed by atoms with van der Waals surface area (Å²) in [5.41, 5.74) is 5.05. The number of aryl methyl sites for hydroxylation is 1. The van der Waals surface area contributed by atoms with Crippen LogP contribution in [0.1, 0.15) is 16.1 Å². The molecule has 146 valence electrons. The Morgan fingerprint density at radius 2 is 1.93 bits per heavy atom. The van der Waals surface area contributed by atoms with Crippen LogP contribution in [0.5, 0.6) is 0 Å². The van der Waals surface area contributed by atoms with E-state index in [4.69, 9.17) is 9.51 Å². The third kappa shape index (κ3) is 3.46. The Balaban J connectivity index is 1.48. The molecule has 0 unspecified atom stereocenters. The van der Waals surface area contributed by atoms with Crippen LogP contribution >= 0.6 is 11.3 Å². The van der Waals surface area contributed by atoms with Gasteiger partial charge in [0.1, 0.15) is 16.4 Å². The number of rotatable bonds is 4. The van der Waals surface area contributed by atoms with Crippen molar-refractivity contribution >= 4 is 33.9 Å². The largest absolute Gasteiger partial charge is 0.356 e. The lowest BCUT2D eigenvalue weighted by atomic mass is 10.1. The molecule has 0 spiro atoms. The molecule has 0 aliphatic carbocycles. The Morgan fingerprint density at radius 1 is 1.07 bits per heavy atom. The van der Waals surface area contributed by atoms with E-state index < -0.39 is 0 Å². The summed E-state index contributed by atoms with van der Waals surface area (Å²) < 4.78 is 5.46. The average molecular weight is 412 g/mol. The predicted octanol–water partition coefficient (Wildman–Crippen LogP) is 5.57. The van der Waals surface area contributed by atoms with Crippen molar-refractivity contribution in [1.29, 1.82) is 0 Å². The van der Waals surface area contributed by atoms with Crippen LogP contribution in [0.4, 0.5) is 5.69 Å². The quantitative estimate of drug-likeness (QED) is 0.417. The van der Waals surface area contributed by atoms with Gasteiger partial charge >= 0.3 is 0 Å². The van der Waals surface area contributed by atoms with Crippen LogP contribution < -0.4 is 5.32 Å². The van der Waals surface area contributed by atoms with E-state index in [-0.39, 0.29) is 5.91 Å². The highest BCUT2D eigenvalue weighted by Gasteiger charge is 2.17. The molecule has 0 aliphatic heterocycles. The topological polar surface area (TPSA) is 80.9 Å². The number of carbonyl (C=O) groups excluding carboxylic acids is 1. The highest BCUT2D eigenvalue weighted by molar-refractivity contribution is 7.13. The number of nitrogens with one attached hydrogen (secondary N) is 1. The van der Waals surface area contributed by atoms with E-state index in [1.54, 1.807) is 41.8 Å². The number of anilines is 1. The Hall–Kier alpha value is -3.84. The zero-order valence-electron chi connectivity index (χ0n) is 16.0. The first-order valence-electron chi connectivity index (χ1n) is 9.32. The molecule has 3 aromatic heterocycles.